The number of hydrogen-bond acceptors (Lipinski definition) is 4. The molecule has 154 valence electrons. The Bertz CT molecular complexity index is 1070. The Morgan fingerprint density at radius 3 is 2.67 bits per heavy atom. The molecule has 0 radical (unpaired) electrons. The lowest BCUT2D eigenvalue weighted by Gasteiger charge is -2.24. The summed E-state index contributed by atoms with van der Waals surface area (Å²) >= 11 is 0. The number of Topliss-reactive ketones (excluding diaryl/α,β-unsaturated/α-hetero) is 1. The van der Waals surface area contributed by atoms with E-state index in [1.165, 1.54) is 26.2 Å². The number of fused-ring (bicyclic) bond motifs is 3. The fourth-order valence-electron chi connectivity index (χ4n) is 5.09. The summed E-state index contributed by atoms with van der Waals surface area (Å²) in [5, 5.41) is 2.87. The molecule has 1 aliphatic heterocycles. The van der Waals surface area contributed by atoms with Gasteiger partial charge in [0.05, 0.1) is 7.11 Å². The Balaban J connectivity index is 1.48. The minimum Gasteiger partial charge on any atom is -0.493 e. The number of anilines is 1. The van der Waals surface area contributed by atoms with E-state index in [9.17, 15) is 9.59 Å². The summed E-state index contributed by atoms with van der Waals surface area (Å²) in [7, 11) is 1.64. The van der Waals surface area contributed by atoms with E-state index in [1.54, 1.807) is 25.3 Å². The molecule has 2 aromatic rings. The van der Waals surface area contributed by atoms with Gasteiger partial charge in [0.15, 0.2) is 17.3 Å². The van der Waals surface area contributed by atoms with Crippen LogP contribution in [0.5, 0.6) is 11.5 Å². The van der Waals surface area contributed by atoms with Crippen molar-refractivity contribution in [2.75, 3.05) is 12.4 Å². The number of carbonyl (C=O) groups is 2. The molecule has 2 aromatic carbocycles. The maximum Gasteiger partial charge on any atom is 0.256 e. The zero-order chi connectivity index (χ0) is 20.8. The first-order valence-corrected chi connectivity index (χ1v) is 10.5. The Kier molecular flexibility index (Phi) is 4.61. The van der Waals surface area contributed by atoms with Crippen molar-refractivity contribution in [3.63, 3.8) is 0 Å². The van der Waals surface area contributed by atoms with Crippen molar-refractivity contribution in [2.45, 2.75) is 38.7 Å². The van der Waals surface area contributed by atoms with Crippen LogP contribution in [-0.4, -0.2) is 24.9 Å². The van der Waals surface area contributed by atoms with Crippen LogP contribution in [0.3, 0.4) is 0 Å². The topological polar surface area (TPSA) is 64.6 Å². The molecule has 1 N–H and O–H groups in total. The molecule has 2 bridgehead atoms. The summed E-state index contributed by atoms with van der Waals surface area (Å²) in [5.74, 6) is 2.67. The highest BCUT2D eigenvalue weighted by molar-refractivity contribution is 6.35. The number of ketones is 1. The van der Waals surface area contributed by atoms with Crippen molar-refractivity contribution in [2.24, 2.45) is 11.8 Å². The first-order chi connectivity index (χ1) is 14.5. The van der Waals surface area contributed by atoms with E-state index in [2.05, 4.69) is 5.32 Å². The number of carbonyl (C=O) groups excluding carboxylic acids is 2. The molecule has 5 nitrogen and oxygen atoms in total. The lowest BCUT2D eigenvalue weighted by atomic mass is 9.97. The molecule has 30 heavy (non-hydrogen) atoms. The molecule has 0 spiro atoms. The van der Waals surface area contributed by atoms with Crippen LogP contribution >= 0.6 is 0 Å². The number of rotatable bonds is 5. The van der Waals surface area contributed by atoms with Crippen LogP contribution in [0.15, 0.2) is 36.4 Å². The number of ether oxygens (including phenoxy) is 2. The molecule has 2 aliphatic carbocycles. The first kappa shape index (κ1) is 18.9. The van der Waals surface area contributed by atoms with Gasteiger partial charge in [-0.05, 0) is 86.4 Å². The average Bonchev–Trinajstić information content (AvgIpc) is 3.43. The number of methoxy groups -OCH3 is 1. The number of benzene rings is 2. The molecule has 5 heteroatoms. The maximum absolute atomic E-state index is 12.6. The summed E-state index contributed by atoms with van der Waals surface area (Å²) in [5.41, 5.74) is 3.47. The Labute approximate surface area is 176 Å². The molecule has 5 rings (SSSR count). The van der Waals surface area contributed by atoms with Crippen molar-refractivity contribution in [1.29, 1.82) is 0 Å². The van der Waals surface area contributed by atoms with Crippen LogP contribution in [0.2, 0.25) is 0 Å². The molecule has 3 aliphatic rings. The normalized spacial score (nSPS) is 25.3. The fraction of sp³-hybridized carbons (Fsp3) is 0.360. The minimum absolute atomic E-state index is 0.0255. The van der Waals surface area contributed by atoms with Gasteiger partial charge in [-0.2, -0.15) is 0 Å². The first-order valence-electron chi connectivity index (χ1n) is 10.5. The molecule has 0 aromatic heterocycles. The van der Waals surface area contributed by atoms with Crippen molar-refractivity contribution in [3.05, 3.63) is 53.1 Å². The molecular formula is C25H25NO4. The van der Waals surface area contributed by atoms with Crippen molar-refractivity contribution >= 4 is 29.0 Å². The van der Waals surface area contributed by atoms with Crippen molar-refractivity contribution < 1.29 is 19.1 Å². The van der Waals surface area contributed by atoms with Gasteiger partial charge in [-0.15, -0.1) is 0 Å². The van der Waals surface area contributed by atoms with E-state index in [4.69, 9.17) is 9.47 Å². The smallest absolute Gasteiger partial charge is 0.256 e. The summed E-state index contributed by atoms with van der Waals surface area (Å²) < 4.78 is 11.9. The van der Waals surface area contributed by atoms with E-state index < -0.39 is 0 Å². The summed E-state index contributed by atoms with van der Waals surface area (Å²) in [6.07, 6.45) is 7.04. The van der Waals surface area contributed by atoms with E-state index >= 15 is 0 Å². The second-order valence-electron chi connectivity index (χ2n) is 8.57. The Morgan fingerprint density at radius 2 is 1.97 bits per heavy atom. The molecule has 2 saturated carbocycles. The highest BCUT2D eigenvalue weighted by atomic mass is 16.5. The lowest BCUT2D eigenvalue weighted by Crippen LogP contribution is -2.23. The van der Waals surface area contributed by atoms with Crippen molar-refractivity contribution in [1.82, 2.24) is 0 Å². The van der Waals surface area contributed by atoms with Crippen LogP contribution in [-0.2, 0) is 4.79 Å². The van der Waals surface area contributed by atoms with Crippen LogP contribution in [0.25, 0.3) is 11.6 Å². The third-order valence-corrected chi connectivity index (χ3v) is 6.66. The van der Waals surface area contributed by atoms with Crippen LogP contribution in [0.1, 0.15) is 54.1 Å². The second kappa shape index (κ2) is 7.31. The van der Waals surface area contributed by atoms with Gasteiger partial charge in [-0.1, -0.05) is 6.07 Å². The summed E-state index contributed by atoms with van der Waals surface area (Å²) in [6, 6.07) is 11.0. The quantitative estimate of drug-likeness (QED) is 0.566. The summed E-state index contributed by atoms with van der Waals surface area (Å²) in [6.45, 7) is 1.53. The number of amides is 1. The van der Waals surface area contributed by atoms with Gasteiger partial charge in [0.25, 0.3) is 5.91 Å². The van der Waals surface area contributed by atoms with Crippen LogP contribution < -0.4 is 14.8 Å². The third-order valence-electron chi connectivity index (χ3n) is 6.66. The van der Waals surface area contributed by atoms with E-state index in [0.717, 1.165) is 34.9 Å². The largest absolute Gasteiger partial charge is 0.493 e. The van der Waals surface area contributed by atoms with Gasteiger partial charge in [0, 0.05) is 22.4 Å². The molecular weight excluding hydrogens is 378 g/mol. The standard InChI is InChI=1S/C25H25NO4/c1-14(27)17-6-7-21-19(13-17)20(25(28)26-21)10-16-4-8-22(29-2)24(12-16)30-23-11-15-3-5-18(23)9-15/h4,6-8,10,12-13,15,18,23H,3,5,9,11H2,1-2H3,(H,26,28)/b20-10-/t15-,18+,23+/m1/s1. The number of hydrogen-bond donors (Lipinski definition) is 1. The average molecular weight is 403 g/mol. The fourth-order valence-corrected chi connectivity index (χ4v) is 5.09. The van der Waals surface area contributed by atoms with Crippen molar-refractivity contribution in [3.8, 4) is 11.5 Å². The molecule has 1 heterocycles. The zero-order valence-corrected chi connectivity index (χ0v) is 17.2. The lowest BCUT2D eigenvalue weighted by molar-refractivity contribution is -0.110. The Hall–Kier alpha value is -3.08. The minimum atomic E-state index is -0.169. The van der Waals surface area contributed by atoms with E-state index in [-0.39, 0.29) is 17.8 Å². The SMILES string of the molecule is COc1ccc(/C=C2\C(=O)Nc3ccc(C(C)=O)cc32)cc1O[C@H]1C[C@@H]2CC[C@H]1C2. The predicted molar refractivity (Wildman–Crippen MR) is 116 cm³/mol. The molecule has 0 saturated heterocycles. The van der Waals surface area contributed by atoms with Crippen LogP contribution in [0.4, 0.5) is 5.69 Å². The van der Waals surface area contributed by atoms with E-state index in [0.29, 0.717) is 22.8 Å². The predicted octanol–water partition coefficient (Wildman–Crippen LogP) is 4.96. The second-order valence-corrected chi connectivity index (χ2v) is 8.57. The molecule has 1 amide bonds. The maximum atomic E-state index is 12.6. The molecule has 3 atom stereocenters. The Morgan fingerprint density at radius 1 is 1.10 bits per heavy atom. The van der Waals surface area contributed by atoms with Gasteiger partial charge in [-0.3, -0.25) is 9.59 Å². The molecule has 2 fully saturated rings. The monoisotopic (exact) mass is 403 g/mol. The van der Waals surface area contributed by atoms with Gasteiger partial charge in [0.1, 0.15) is 6.10 Å². The summed E-state index contributed by atoms with van der Waals surface area (Å²) in [4.78, 5) is 24.3. The van der Waals surface area contributed by atoms with Gasteiger partial charge < -0.3 is 14.8 Å². The highest BCUT2D eigenvalue weighted by Crippen LogP contribution is 2.47. The van der Waals surface area contributed by atoms with Gasteiger partial charge >= 0.3 is 0 Å². The number of nitrogens with one attached hydrogen (secondary N) is 1. The zero-order valence-electron chi connectivity index (χ0n) is 17.2. The van der Waals surface area contributed by atoms with Gasteiger partial charge in [0.2, 0.25) is 0 Å². The third kappa shape index (κ3) is 3.28. The van der Waals surface area contributed by atoms with Crippen LogP contribution in [0, 0.1) is 11.8 Å². The molecule has 0 unspecified atom stereocenters. The van der Waals surface area contributed by atoms with Gasteiger partial charge in [-0.25, -0.2) is 0 Å². The van der Waals surface area contributed by atoms with E-state index in [1.807, 2.05) is 24.3 Å². The highest BCUT2D eigenvalue weighted by Gasteiger charge is 2.41.